The number of hydrogen-bond donors (Lipinski definition) is 1. The van der Waals surface area contributed by atoms with E-state index >= 15 is 0 Å². The zero-order valence-corrected chi connectivity index (χ0v) is 15.7. The summed E-state index contributed by atoms with van der Waals surface area (Å²) in [6, 6.07) is 9.27. The minimum absolute atomic E-state index is 0.118. The number of ether oxygens (including phenoxy) is 3. The van der Waals surface area contributed by atoms with Gasteiger partial charge in [-0.15, -0.1) is 0 Å². The number of nitrogens with zero attached hydrogens (tertiary/aromatic N) is 1. The van der Waals surface area contributed by atoms with Crippen molar-refractivity contribution in [3.63, 3.8) is 0 Å². The van der Waals surface area contributed by atoms with Gasteiger partial charge in [0.25, 0.3) is 11.6 Å². The molecule has 9 heteroatoms. The van der Waals surface area contributed by atoms with Crippen molar-refractivity contribution in [1.29, 1.82) is 0 Å². The maximum Gasteiger partial charge on any atom is 0.344 e. The molecule has 0 unspecified atom stereocenters. The number of carbonyl (C=O) groups excluding carboxylic acids is 2. The predicted molar refractivity (Wildman–Crippen MR) is 101 cm³/mol. The zero-order chi connectivity index (χ0) is 20.7. The Morgan fingerprint density at radius 2 is 1.82 bits per heavy atom. The Kier molecular flexibility index (Phi) is 6.91. The van der Waals surface area contributed by atoms with Gasteiger partial charge in [-0.1, -0.05) is 17.7 Å². The van der Waals surface area contributed by atoms with Crippen molar-refractivity contribution in [2.24, 2.45) is 0 Å². The average Bonchev–Trinajstić information content (AvgIpc) is 2.65. The largest absolute Gasteiger partial charge is 0.494 e. The highest BCUT2D eigenvalue weighted by molar-refractivity contribution is 5.94. The number of benzene rings is 2. The van der Waals surface area contributed by atoms with Crippen LogP contribution < -0.4 is 14.8 Å². The maximum atomic E-state index is 12.0. The van der Waals surface area contributed by atoms with Crippen molar-refractivity contribution in [2.45, 2.75) is 13.8 Å². The number of non-ortho nitro benzene ring substituents is 1. The molecule has 2 aromatic rings. The molecule has 0 aliphatic rings. The molecule has 0 heterocycles. The summed E-state index contributed by atoms with van der Waals surface area (Å²) >= 11 is 0. The standard InChI is InChI=1S/C19H20N2O7/c1-12-4-7-16(13(2)8-12)27-11-19(23)28-10-18(22)20-15-6-5-14(21(24)25)9-17(15)26-3/h4-9H,10-11H2,1-3H3,(H,20,22). The number of aryl methyl sites for hydroxylation is 2. The minimum atomic E-state index is -0.703. The van der Waals surface area contributed by atoms with Gasteiger partial charge in [-0.05, 0) is 31.5 Å². The Bertz CT molecular complexity index is 896. The van der Waals surface area contributed by atoms with Crippen LogP contribution in [0.4, 0.5) is 11.4 Å². The normalized spacial score (nSPS) is 10.1. The topological polar surface area (TPSA) is 117 Å². The number of nitro benzene ring substituents is 1. The number of amides is 1. The fraction of sp³-hybridized carbons (Fsp3) is 0.263. The quantitative estimate of drug-likeness (QED) is 0.420. The summed E-state index contributed by atoms with van der Waals surface area (Å²) in [5, 5.41) is 13.2. The van der Waals surface area contributed by atoms with Crippen molar-refractivity contribution in [3.8, 4) is 11.5 Å². The first-order valence-corrected chi connectivity index (χ1v) is 8.28. The van der Waals surface area contributed by atoms with Crippen LogP contribution in [0.5, 0.6) is 11.5 Å². The number of methoxy groups -OCH3 is 1. The van der Waals surface area contributed by atoms with Crippen LogP contribution in [0.15, 0.2) is 36.4 Å². The Morgan fingerprint density at radius 1 is 1.07 bits per heavy atom. The summed E-state index contributed by atoms with van der Waals surface area (Å²) in [6.45, 7) is 2.94. The Morgan fingerprint density at radius 3 is 2.46 bits per heavy atom. The molecule has 0 saturated carbocycles. The summed E-state index contributed by atoms with van der Waals surface area (Å²) in [4.78, 5) is 33.9. The minimum Gasteiger partial charge on any atom is -0.494 e. The van der Waals surface area contributed by atoms with Crippen LogP contribution in [0.1, 0.15) is 11.1 Å². The van der Waals surface area contributed by atoms with Crippen LogP contribution >= 0.6 is 0 Å². The fourth-order valence-corrected chi connectivity index (χ4v) is 2.37. The highest BCUT2D eigenvalue weighted by Gasteiger charge is 2.15. The molecule has 9 nitrogen and oxygen atoms in total. The molecule has 0 fully saturated rings. The highest BCUT2D eigenvalue weighted by Crippen LogP contribution is 2.28. The lowest BCUT2D eigenvalue weighted by molar-refractivity contribution is -0.384. The molecule has 2 rings (SSSR count). The van der Waals surface area contributed by atoms with Gasteiger partial charge in [0.15, 0.2) is 13.2 Å². The summed E-state index contributed by atoms with van der Waals surface area (Å²) in [7, 11) is 1.32. The first kappa shape index (κ1) is 20.7. The van der Waals surface area contributed by atoms with E-state index in [-0.39, 0.29) is 23.7 Å². The zero-order valence-electron chi connectivity index (χ0n) is 15.7. The molecule has 1 amide bonds. The summed E-state index contributed by atoms with van der Waals surface area (Å²) in [5.74, 6) is -0.646. The number of anilines is 1. The molecule has 0 aliphatic heterocycles. The number of carbonyl (C=O) groups is 2. The van der Waals surface area contributed by atoms with E-state index in [1.54, 1.807) is 6.07 Å². The van der Waals surface area contributed by atoms with Crippen LogP contribution in [-0.2, 0) is 14.3 Å². The van der Waals surface area contributed by atoms with E-state index in [1.807, 2.05) is 26.0 Å². The molecule has 0 aliphatic carbocycles. The average molecular weight is 388 g/mol. The molecular weight excluding hydrogens is 368 g/mol. The molecule has 0 aromatic heterocycles. The SMILES string of the molecule is COc1cc([N+](=O)[O-])ccc1NC(=O)COC(=O)COc1ccc(C)cc1C. The van der Waals surface area contributed by atoms with E-state index in [2.05, 4.69) is 5.32 Å². The molecule has 0 radical (unpaired) electrons. The molecule has 0 spiro atoms. The van der Waals surface area contributed by atoms with E-state index in [9.17, 15) is 19.7 Å². The third-order valence-electron chi connectivity index (χ3n) is 3.71. The number of rotatable bonds is 8. The smallest absolute Gasteiger partial charge is 0.344 e. The molecule has 28 heavy (non-hydrogen) atoms. The monoisotopic (exact) mass is 388 g/mol. The van der Waals surface area contributed by atoms with E-state index in [0.29, 0.717) is 5.75 Å². The van der Waals surface area contributed by atoms with Crippen LogP contribution in [0.3, 0.4) is 0 Å². The maximum absolute atomic E-state index is 12.0. The van der Waals surface area contributed by atoms with Gasteiger partial charge in [-0.3, -0.25) is 14.9 Å². The second-order valence-electron chi connectivity index (χ2n) is 5.91. The second kappa shape index (κ2) is 9.36. The fourth-order valence-electron chi connectivity index (χ4n) is 2.37. The van der Waals surface area contributed by atoms with Gasteiger partial charge in [0.1, 0.15) is 11.5 Å². The second-order valence-corrected chi connectivity index (χ2v) is 5.91. The third-order valence-corrected chi connectivity index (χ3v) is 3.71. The van der Waals surface area contributed by atoms with Crippen molar-refractivity contribution in [2.75, 3.05) is 25.6 Å². The molecular formula is C19H20N2O7. The van der Waals surface area contributed by atoms with E-state index in [1.165, 1.54) is 25.3 Å². The molecule has 148 valence electrons. The summed E-state index contributed by atoms with van der Waals surface area (Å²) < 4.78 is 15.3. The molecule has 1 N–H and O–H groups in total. The van der Waals surface area contributed by atoms with Gasteiger partial charge in [0.2, 0.25) is 0 Å². The molecule has 0 saturated heterocycles. The van der Waals surface area contributed by atoms with Crippen LogP contribution in [0.25, 0.3) is 0 Å². The van der Waals surface area contributed by atoms with Gasteiger partial charge in [0.05, 0.1) is 23.8 Å². The molecule has 0 bridgehead atoms. The van der Waals surface area contributed by atoms with Crippen molar-refractivity contribution >= 4 is 23.3 Å². The summed E-state index contributed by atoms with van der Waals surface area (Å²) in [5.41, 5.74) is 2.01. The van der Waals surface area contributed by atoms with Gasteiger partial charge < -0.3 is 19.5 Å². The van der Waals surface area contributed by atoms with Crippen molar-refractivity contribution in [1.82, 2.24) is 0 Å². The van der Waals surface area contributed by atoms with Crippen molar-refractivity contribution < 1.29 is 28.7 Å². The first-order chi connectivity index (χ1) is 13.3. The van der Waals surface area contributed by atoms with E-state index in [4.69, 9.17) is 14.2 Å². The van der Waals surface area contributed by atoms with E-state index < -0.39 is 23.4 Å². The number of esters is 1. The van der Waals surface area contributed by atoms with E-state index in [0.717, 1.165) is 11.1 Å². The number of hydrogen-bond acceptors (Lipinski definition) is 7. The predicted octanol–water partition coefficient (Wildman–Crippen LogP) is 2.78. The molecule has 0 atom stereocenters. The summed E-state index contributed by atoms with van der Waals surface area (Å²) in [6.07, 6.45) is 0. The highest BCUT2D eigenvalue weighted by atomic mass is 16.6. The van der Waals surface area contributed by atoms with Crippen LogP contribution in [0.2, 0.25) is 0 Å². The Hall–Kier alpha value is -3.62. The van der Waals surface area contributed by atoms with Gasteiger partial charge in [-0.25, -0.2) is 4.79 Å². The number of nitrogens with one attached hydrogen (secondary N) is 1. The lowest BCUT2D eigenvalue weighted by atomic mass is 10.1. The van der Waals surface area contributed by atoms with Gasteiger partial charge >= 0.3 is 5.97 Å². The number of nitro groups is 1. The Balaban J connectivity index is 1.85. The molecule has 2 aromatic carbocycles. The lowest BCUT2D eigenvalue weighted by Gasteiger charge is -2.11. The van der Waals surface area contributed by atoms with Gasteiger partial charge in [-0.2, -0.15) is 0 Å². The van der Waals surface area contributed by atoms with Crippen LogP contribution in [-0.4, -0.2) is 37.1 Å². The van der Waals surface area contributed by atoms with Crippen LogP contribution in [0, 0.1) is 24.0 Å². The first-order valence-electron chi connectivity index (χ1n) is 8.28. The lowest BCUT2D eigenvalue weighted by Crippen LogP contribution is -2.24. The van der Waals surface area contributed by atoms with Gasteiger partial charge in [0, 0.05) is 6.07 Å². The Labute approximate surface area is 161 Å². The van der Waals surface area contributed by atoms with Crippen molar-refractivity contribution in [3.05, 3.63) is 57.6 Å². The third kappa shape index (κ3) is 5.70.